The van der Waals surface area contributed by atoms with Gasteiger partial charge in [0.25, 0.3) is 0 Å². The summed E-state index contributed by atoms with van der Waals surface area (Å²) in [5.41, 5.74) is 5.80. The second-order valence-corrected chi connectivity index (χ2v) is 5.19. The molecule has 0 aliphatic heterocycles. The molecule has 1 unspecified atom stereocenters. The molecular formula is C13H21N3. The molecule has 0 amide bonds. The maximum absolute atomic E-state index is 5.76. The lowest BCUT2D eigenvalue weighted by atomic mass is 9.77. The summed E-state index contributed by atoms with van der Waals surface area (Å²) < 4.78 is 0. The van der Waals surface area contributed by atoms with Crippen LogP contribution in [0.5, 0.6) is 0 Å². The summed E-state index contributed by atoms with van der Waals surface area (Å²) in [5.74, 6) is 5.76. The van der Waals surface area contributed by atoms with Crippen LogP contribution in [0.2, 0.25) is 0 Å². The summed E-state index contributed by atoms with van der Waals surface area (Å²) in [6, 6.07) is 2.28. The van der Waals surface area contributed by atoms with Gasteiger partial charge < -0.3 is 0 Å². The zero-order valence-corrected chi connectivity index (χ0v) is 10.2. The Morgan fingerprint density at radius 3 is 2.69 bits per heavy atom. The minimum absolute atomic E-state index is 0.226. The average molecular weight is 219 g/mol. The van der Waals surface area contributed by atoms with Gasteiger partial charge in [0.1, 0.15) is 0 Å². The van der Waals surface area contributed by atoms with Gasteiger partial charge >= 0.3 is 0 Å². The van der Waals surface area contributed by atoms with Gasteiger partial charge in [-0.1, -0.05) is 19.8 Å². The van der Waals surface area contributed by atoms with Gasteiger partial charge in [0.15, 0.2) is 0 Å². The molecule has 1 aromatic rings. The van der Waals surface area contributed by atoms with E-state index in [1.165, 1.54) is 36.8 Å². The molecule has 0 spiro atoms. The summed E-state index contributed by atoms with van der Waals surface area (Å²) >= 11 is 0. The molecule has 1 heterocycles. The van der Waals surface area contributed by atoms with Crippen molar-refractivity contribution in [3.8, 4) is 0 Å². The van der Waals surface area contributed by atoms with E-state index in [1.807, 2.05) is 12.4 Å². The predicted octanol–water partition coefficient (Wildman–Crippen LogP) is 2.47. The fourth-order valence-corrected chi connectivity index (χ4v) is 2.92. The maximum atomic E-state index is 5.76. The number of hydrazine groups is 1. The molecule has 1 aliphatic rings. The third kappa shape index (κ3) is 1.97. The molecule has 1 aliphatic carbocycles. The second kappa shape index (κ2) is 4.52. The Morgan fingerprint density at radius 2 is 2.12 bits per heavy atom. The molecule has 16 heavy (non-hydrogen) atoms. The lowest BCUT2D eigenvalue weighted by Crippen LogP contribution is -2.39. The van der Waals surface area contributed by atoms with Crippen LogP contribution in [-0.4, -0.2) is 4.98 Å². The lowest BCUT2D eigenvalue weighted by Gasteiger charge is -2.34. The summed E-state index contributed by atoms with van der Waals surface area (Å²) in [7, 11) is 0. The molecule has 0 saturated heterocycles. The first kappa shape index (κ1) is 11.6. The van der Waals surface area contributed by atoms with Crippen molar-refractivity contribution in [3.05, 3.63) is 29.6 Å². The third-order valence-corrected chi connectivity index (χ3v) is 4.00. The Balaban J connectivity index is 2.32. The molecule has 88 valence electrons. The highest BCUT2D eigenvalue weighted by Crippen LogP contribution is 2.47. The number of hydrogen-bond donors (Lipinski definition) is 2. The van der Waals surface area contributed by atoms with Crippen LogP contribution in [0.3, 0.4) is 0 Å². The number of pyridine rings is 1. The van der Waals surface area contributed by atoms with Crippen molar-refractivity contribution in [1.82, 2.24) is 10.4 Å². The summed E-state index contributed by atoms with van der Waals surface area (Å²) in [6.07, 6.45) is 8.90. The van der Waals surface area contributed by atoms with Crippen molar-refractivity contribution >= 4 is 0 Å². The fraction of sp³-hybridized carbons (Fsp3) is 0.615. The van der Waals surface area contributed by atoms with Gasteiger partial charge in [0.2, 0.25) is 0 Å². The Morgan fingerprint density at radius 1 is 1.44 bits per heavy atom. The number of nitrogens with one attached hydrogen (secondary N) is 1. The number of hydrogen-bond acceptors (Lipinski definition) is 3. The summed E-state index contributed by atoms with van der Waals surface area (Å²) in [5, 5.41) is 0. The van der Waals surface area contributed by atoms with E-state index >= 15 is 0 Å². The Hall–Kier alpha value is -0.930. The van der Waals surface area contributed by atoms with Gasteiger partial charge in [-0.3, -0.25) is 16.3 Å². The van der Waals surface area contributed by atoms with Crippen molar-refractivity contribution in [1.29, 1.82) is 0 Å². The van der Waals surface area contributed by atoms with Gasteiger partial charge in [0, 0.05) is 12.4 Å². The monoisotopic (exact) mass is 219 g/mol. The molecule has 1 atom stereocenters. The fourth-order valence-electron chi connectivity index (χ4n) is 2.92. The van der Waals surface area contributed by atoms with E-state index < -0.39 is 0 Å². The first-order valence-electron chi connectivity index (χ1n) is 6.04. The largest absolute Gasteiger partial charge is 0.271 e. The van der Waals surface area contributed by atoms with E-state index in [1.54, 1.807) is 0 Å². The van der Waals surface area contributed by atoms with Crippen LogP contribution in [0, 0.1) is 12.3 Å². The predicted molar refractivity (Wildman–Crippen MR) is 65.6 cm³/mol. The van der Waals surface area contributed by atoms with Crippen LogP contribution in [-0.2, 0) is 0 Å². The quantitative estimate of drug-likeness (QED) is 0.606. The van der Waals surface area contributed by atoms with Crippen molar-refractivity contribution in [2.75, 3.05) is 0 Å². The first-order chi connectivity index (χ1) is 7.67. The SMILES string of the molecule is Cc1ccncc1C(NN)C1(C)CCCC1. The standard InChI is InChI=1S/C13H21N3/c1-10-5-8-15-9-11(10)12(16-14)13(2)6-3-4-7-13/h5,8-9,12,16H,3-4,6-7,14H2,1-2H3. The van der Waals surface area contributed by atoms with Crippen molar-refractivity contribution in [3.63, 3.8) is 0 Å². The average Bonchev–Trinajstić information content (AvgIpc) is 2.70. The lowest BCUT2D eigenvalue weighted by molar-refractivity contribution is 0.224. The van der Waals surface area contributed by atoms with Crippen molar-refractivity contribution < 1.29 is 0 Å². The van der Waals surface area contributed by atoms with E-state index in [0.29, 0.717) is 0 Å². The first-order valence-corrected chi connectivity index (χ1v) is 6.04. The molecular weight excluding hydrogens is 198 g/mol. The van der Waals surface area contributed by atoms with Crippen LogP contribution < -0.4 is 11.3 Å². The molecule has 1 aromatic heterocycles. The number of nitrogens with zero attached hydrogens (tertiary/aromatic N) is 1. The number of nitrogens with two attached hydrogens (primary N) is 1. The van der Waals surface area contributed by atoms with Gasteiger partial charge in [-0.05, 0) is 42.4 Å². The van der Waals surface area contributed by atoms with E-state index in [0.717, 1.165) is 0 Å². The Labute approximate surface area is 97.4 Å². The molecule has 0 aromatic carbocycles. The van der Waals surface area contributed by atoms with Gasteiger partial charge in [-0.2, -0.15) is 0 Å². The minimum Gasteiger partial charge on any atom is -0.271 e. The van der Waals surface area contributed by atoms with Crippen LogP contribution >= 0.6 is 0 Å². The van der Waals surface area contributed by atoms with Crippen molar-refractivity contribution in [2.45, 2.75) is 45.6 Å². The Kier molecular flexibility index (Phi) is 3.26. The van der Waals surface area contributed by atoms with Crippen LogP contribution in [0.4, 0.5) is 0 Å². The molecule has 3 N–H and O–H groups in total. The molecule has 1 fully saturated rings. The zero-order valence-electron chi connectivity index (χ0n) is 10.2. The van der Waals surface area contributed by atoms with Crippen LogP contribution in [0.25, 0.3) is 0 Å². The highest BCUT2D eigenvalue weighted by atomic mass is 15.2. The van der Waals surface area contributed by atoms with Crippen molar-refractivity contribution in [2.24, 2.45) is 11.3 Å². The molecule has 3 heteroatoms. The van der Waals surface area contributed by atoms with Gasteiger partial charge in [0.05, 0.1) is 6.04 Å². The number of aryl methyl sites for hydroxylation is 1. The summed E-state index contributed by atoms with van der Waals surface area (Å²) in [4.78, 5) is 4.22. The van der Waals surface area contributed by atoms with Crippen LogP contribution in [0.1, 0.15) is 49.8 Å². The normalized spacial score (nSPS) is 20.9. The minimum atomic E-state index is 0.226. The van der Waals surface area contributed by atoms with E-state index in [9.17, 15) is 0 Å². The van der Waals surface area contributed by atoms with Crippen LogP contribution in [0.15, 0.2) is 18.5 Å². The highest BCUT2D eigenvalue weighted by Gasteiger charge is 2.37. The van der Waals surface area contributed by atoms with Gasteiger partial charge in [-0.15, -0.1) is 0 Å². The molecule has 1 saturated carbocycles. The summed E-state index contributed by atoms with van der Waals surface area (Å²) in [6.45, 7) is 4.45. The van der Waals surface area contributed by atoms with E-state index in [4.69, 9.17) is 5.84 Å². The smallest absolute Gasteiger partial charge is 0.0531 e. The highest BCUT2D eigenvalue weighted by molar-refractivity contribution is 5.27. The molecule has 0 radical (unpaired) electrons. The molecule has 0 bridgehead atoms. The Bertz CT molecular complexity index is 356. The van der Waals surface area contributed by atoms with E-state index in [2.05, 4.69) is 30.3 Å². The zero-order chi connectivity index (χ0) is 11.6. The third-order valence-electron chi connectivity index (χ3n) is 4.00. The number of aromatic nitrogens is 1. The van der Waals surface area contributed by atoms with Gasteiger partial charge in [-0.25, -0.2) is 0 Å². The topological polar surface area (TPSA) is 50.9 Å². The maximum Gasteiger partial charge on any atom is 0.0531 e. The molecule has 2 rings (SSSR count). The molecule has 3 nitrogen and oxygen atoms in total. The number of rotatable bonds is 3. The van der Waals surface area contributed by atoms with E-state index in [-0.39, 0.29) is 11.5 Å². The second-order valence-electron chi connectivity index (χ2n) is 5.19.